The zero-order valence-electron chi connectivity index (χ0n) is 10.2. The van der Waals surface area contributed by atoms with Crippen molar-refractivity contribution in [3.8, 4) is 6.07 Å². The van der Waals surface area contributed by atoms with Crippen molar-refractivity contribution in [2.45, 2.75) is 33.2 Å². The monoisotopic (exact) mass is 217 g/mol. The first-order valence-corrected chi connectivity index (χ1v) is 5.70. The lowest BCUT2D eigenvalue weighted by atomic mass is 10.1. The maximum atomic E-state index is 8.94. The van der Waals surface area contributed by atoms with E-state index < -0.39 is 0 Å². The van der Waals surface area contributed by atoms with Gasteiger partial charge in [0.1, 0.15) is 6.07 Å². The van der Waals surface area contributed by atoms with Gasteiger partial charge in [0.05, 0.1) is 5.56 Å². The van der Waals surface area contributed by atoms with Crippen LogP contribution in [0.25, 0.3) is 0 Å². The molecular formula is C13H19N3. The van der Waals surface area contributed by atoms with Gasteiger partial charge in [0.25, 0.3) is 0 Å². The van der Waals surface area contributed by atoms with Crippen molar-refractivity contribution in [3.63, 3.8) is 0 Å². The van der Waals surface area contributed by atoms with Crippen molar-refractivity contribution in [2.24, 2.45) is 0 Å². The molecule has 1 aromatic carbocycles. The summed E-state index contributed by atoms with van der Waals surface area (Å²) in [6.45, 7) is 7.40. The maximum Gasteiger partial charge on any atom is 0.101 e. The number of nitrogens with zero attached hydrogens (tertiary/aromatic N) is 2. The lowest BCUT2D eigenvalue weighted by Gasteiger charge is -2.29. The Kier molecular flexibility index (Phi) is 4.19. The largest absolute Gasteiger partial charge is 0.398 e. The van der Waals surface area contributed by atoms with E-state index in [0.717, 1.165) is 18.7 Å². The van der Waals surface area contributed by atoms with Gasteiger partial charge >= 0.3 is 0 Å². The lowest BCUT2D eigenvalue weighted by molar-refractivity contribution is 0.630. The van der Waals surface area contributed by atoms with Crippen LogP contribution in [0.5, 0.6) is 0 Å². The Hall–Kier alpha value is -1.69. The summed E-state index contributed by atoms with van der Waals surface area (Å²) in [5.74, 6) is 0. The minimum absolute atomic E-state index is 0.472. The number of hydrogen-bond donors (Lipinski definition) is 1. The molecule has 0 aromatic heterocycles. The Morgan fingerprint density at radius 2 is 2.12 bits per heavy atom. The fourth-order valence-corrected chi connectivity index (χ4v) is 1.79. The highest BCUT2D eigenvalue weighted by molar-refractivity contribution is 5.63. The summed E-state index contributed by atoms with van der Waals surface area (Å²) in [4.78, 5) is 2.28. The van der Waals surface area contributed by atoms with Gasteiger partial charge in [0, 0.05) is 24.0 Å². The summed E-state index contributed by atoms with van der Waals surface area (Å²) in [6, 6.07) is 8.24. The third kappa shape index (κ3) is 2.46. The molecule has 0 aliphatic rings. The van der Waals surface area contributed by atoms with E-state index in [1.54, 1.807) is 6.07 Å². The van der Waals surface area contributed by atoms with Gasteiger partial charge in [-0.25, -0.2) is 0 Å². The lowest BCUT2D eigenvalue weighted by Crippen LogP contribution is -2.32. The highest BCUT2D eigenvalue weighted by Gasteiger charge is 2.12. The van der Waals surface area contributed by atoms with Gasteiger partial charge < -0.3 is 10.6 Å². The van der Waals surface area contributed by atoms with E-state index in [2.05, 4.69) is 31.7 Å². The van der Waals surface area contributed by atoms with Gasteiger partial charge in [-0.15, -0.1) is 0 Å². The van der Waals surface area contributed by atoms with E-state index in [-0.39, 0.29) is 0 Å². The van der Waals surface area contributed by atoms with Crippen molar-refractivity contribution in [2.75, 3.05) is 17.2 Å². The Bertz CT molecular complexity index is 393. The summed E-state index contributed by atoms with van der Waals surface area (Å²) < 4.78 is 0. The summed E-state index contributed by atoms with van der Waals surface area (Å²) in [6.07, 6.45) is 1.08. The summed E-state index contributed by atoms with van der Waals surface area (Å²) >= 11 is 0. The number of benzene rings is 1. The second-order valence-electron chi connectivity index (χ2n) is 3.93. The van der Waals surface area contributed by atoms with Crippen molar-refractivity contribution in [1.29, 1.82) is 5.26 Å². The SMILES string of the molecule is CCC(C)N(CC)c1ccc(N)c(C#N)c1. The predicted octanol–water partition coefficient (Wildman–Crippen LogP) is 2.77. The van der Waals surface area contributed by atoms with Crippen LogP contribution in [0.2, 0.25) is 0 Å². The molecular weight excluding hydrogens is 198 g/mol. The van der Waals surface area contributed by atoms with E-state index in [1.165, 1.54) is 0 Å². The molecule has 0 saturated carbocycles. The highest BCUT2D eigenvalue weighted by atomic mass is 15.1. The van der Waals surface area contributed by atoms with Crippen LogP contribution in [-0.2, 0) is 0 Å². The van der Waals surface area contributed by atoms with Gasteiger partial charge in [-0.2, -0.15) is 5.26 Å². The quantitative estimate of drug-likeness (QED) is 0.789. The molecule has 1 rings (SSSR count). The predicted molar refractivity (Wildman–Crippen MR) is 68.3 cm³/mol. The van der Waals surface area contributed by atoms with Crippen LogP contribution >= 0.6 is 0 Å². The highest BCUT2D eigenvalue weighted by Crippen LogP contribution is 2.23. The van der Waals surface area contributed by atoms with Gasteiger partial charge in [-0.3, -0.25) is 0 Å². The zero-order chi connectivity index (χ0) is 12.1. The number of rotatable bonds is 4. The number of nitrogen functional groups attached to an aromatic ring is 1. The Balaban J connectivity index is 3.07. The molecule has 0 fully saturated rings. The Labute approximate surface area is 97.5 Å². The number of hydrogen-bond acceptors (Lipinski definition) is 3. The second-order valence-corrected chi connectivity index (χ2v) is 3.93. The standard InChI is InChI=1S/C13H19N3/c1-4-10(3)16(5-2)12-6-7-13(15)11(8-12)9-14/h6-8,10H,4-5,15H2,1-3H3. The molecule has 0 amide bonds. The van der Waals surface area contributed by atoms with E-state index in [0.29, 0.717) is 17.3 Å². The van der Waals surface area contributed by atoms with Gasteiger partial charge in [-0.05, 0) is 38.5 Å². The fraction of sp³-hybridized carbons (Fsp3) is 0.462. The maximum absolute atomic E-state index is 8.94. The van der Waals surface area contributed by atoms with Crippen molar-refractivity contribution in [3.05, 3.63) is 23.8 Å². The molecule has 0 aliphatic heterocycles. The number of anilines is 2. The van der Waals surface area contributed by atoms with Crippen molar-refractivity contribution in [1.82, 2.24) is 0 Å². The first-order valence-electron chi connectivity index (χ1n) is 5.70. The fourth-order valence-electron chi connectivity index (χ4n) is 1.79. The van der Waals surface area contributed by atoms with E-state index in [9.17, 15) is 0 Å². The van der Waals surface area contributed by atoms with Crippen LogP contribution in [0.4, 0.5) is 11.4 Å². The van der Waals surface area contributed by atoms with Gasteiger partial charge in [0.2, 0.25) is 0 Å². The molecule has 86 valence electrons. The normalized spacial score (nSPS) is 11.9. The Morgan fingerprint density at radius 3 is 2.62 bits per heavy atom. The molecule has 0 saturated heterocycles. The van der Waals surface area contributed by atoms with Crippen LogP contribution in [0.3, 0.4) is 0 Å². The van der Waals surface area contributed by atoms with Gasteiger partial charge in [-0.1, -0.05) is 6.92 Å². The minimum Gasteiger partial charge on any atom is -0.398 e. The van der Waals surface area contributed by atoms with Crippen LogP contribution in [0, 0.1) is 11.3 Å². The molecule has 2 N–H and O–H groups in total. The van der Waals surface area contributed by atoms with E-state index in [1.807, 2.05) is 12.1 Å². The number of nitriles is 1. The molecule has 0 radical (unpaired) electrons. The third-order valence-corrected chi connectivity index (χ3v) is 2.95. The van der Waals surface area contributed by atoms with Crippen LogP contribution in [0.15, 0.2) is 18.2 Å². The smallest absolute Gasteiger partial charge is 0.101 e. The summed E-state index contributed by atoms with van der Waals surface area (Å²) in [7, 11) is 0. The molecule has 0 bridgehead atoms. The minimum atomic E-state index is 0.472. The van der Waals surface area contributed by atoms with Crippen molar-refractivity contribution >= 4 is 11.4 Å². The zero-order valence-corrected chi connectivity index (χ0v) is 10.2. The average Bonchev–Trinajstić information content (AvgIpc) is 2.31. The van der Waals surface area contributed by atoms with E-state index in [4.69, 9.17) is 11.0 Å². The molecule has 16 heavy (non-hydrogen) atoms. The average molecular weight is 217 g/mol. The summed E-state index contributed by atoms with van der Waals surface area (Å²) in [5.41, 5.74) is 7.88. The molecule has 1 atom stereocenters. The molecule has 0 aliphatic carbocycles. The second kappa shape index (κ2) is 5.41. The topological polar surface area (TPSA) is 53.0 Å². The van der Waals surface area contributed by atoms with Crippen LogP contribution < -0.4 is 10.6 Å². The number of nitrogens with two attached hydrogens (primary N) is 1. The molecule has 3 nitrogen and oxygen atoms in total. The Morgan fingerprint density at radius 1 is 1.44 bits per heavy atom. The molecule has 3 heteroatoms. The van der Waals surface area contributed by atoms with Gasteiger partial charge in [0.15, 0.2) is 0 Å². The van der Waals surface area contributed by atoms with Crippen LogP contribution in [0.1, 0.15) is 32.8 Å². The molecule has 1 aromatic rings. The molecule has 0 spiro atoms. The van der Waals surface area contributed by atoms with Crippen LogP contribution in [-0.4, -0.2) is 12.6 Å². The molecule has 1 unspecified atom stereocenters. The first kappa shape index (κ1) is 12.4. The third-order valence-electron chi connectivity index (χ3n) is 2.95. The molecule has 0 heterocycles. The van der Waals surface area contributed by atoms with E-state index >= 15 is 0 Å². The van der Waals surface area contributed by atoms with Crippen molar-refractivity contribution < 1.29 is 0 Å². The summed E-state index contributed by atoms with van der Waals surface area (Å²) in [5, 5.41) is 8.94. The first-order chi connectivity index (χ1) is 7.63.